The molecule has 3 aromatic rings. The lowest BCUT2D eigenvalue weighted by molar-refractivity contribution is -0.274. The summed E-state index contributed by atoms with van der Waals surface area (Å²) in [6, 6.07) is 8.38. The second kappa shape index (κ2) is 7.43. The standard InChI is InChI=1S/C17H13F3N6O2/c1-2-13-12(8-21)16(22)26(25-13)14-7-15(24-9-23-14)27-10-4-3-5-11(6-10)28-17(18,19)20/h3-7,9H,2,22H2,1H3. The molecule has 0 saturated carbocycles. The van der Waals surface area contributed by atoms with Crippen LogP contribution in [0, 0.1) is 11.3 Å². The Labute approximate surface area is 157 Å². The minimum Gasteiger partial charge on any atom is -0.439 e. The third-order valence-corrected chi connectivity index (χ3v) is 3.55. The van der Waals surface area contributed by atoms with Gasteiger partial charge in [0.2, 0.25) is 5.88 Å². The van der Waals surface area contributed by atoms with Crippen molar-refractivity contribution in [2.75, 3.05) is 5.73 Å². The molecule has 2 heterocycles. The molecule has 3 rings (SSSR count). The van der Waals surface area contributed by atoms with Crippen LogP contribution in [0.2, 0.25) is 0 Å². The summed E-state index contributed by atoms with van der Waals surface area (Å²) in [6.45, 7) is 1.83. The molecule has 0 radical (unpaired) electrons. The maximum absolute atomic E-state index is 12.3. The van der Waals surface area contributed by atoms with Crippen LogP contribution in [0.1, 0.15) is 18.2 Å². The van der Waals surface area contributed by atoms with Crippen molar-refractivity contribution >= 4 is 5.82 Å². The average molecular weight is 390 g/mol. The van der Waals surface area contributed by atoms with E-state index in [0.717, 1.165) is 12.1 Å². The Kier molecular flexibility index (Phi) is 5.04. The summed E-state index contributed by atoms with van der Waals surface area (Å²) in [5, 5.41) is 13.5. The van der Waals surface area contributed by atoms with Gasteiger partial charge in [0.05, 0.1) is 5.69 Å². The Morgan fingerprint density at radius 3 is 2.61 bits per heavy atom. The summed E-state index contributed by atoms with van der Waals surface area (Å²) in [5.74, 6) is 0.0419. The molecule has 0 spiro atoms. The van der Waals surface area contributed by atoms with Crippen LogP contribution in [0.4, 0.5) is 19.0 Å². The lowest BCUT2D eigenvalue weighted by Crippen LogP contribution is -2.17. The highest BCUT2D eigenvalue weighted by Gasteiger charge is 2.31. The maximum atomic E-state index is 12.3. The quantitative estimate of drug-likeness (QED) is 0.711. The van der Waals surface area contributed by atoms with E-state index in [1.54, 1.807) is 0 Å². The summed E-state index contributed by atoms with van der Waals surface area (Å²) in [5.41, 5.74) is 6.72. The van der Waals surface area contributed by atoms with Crippen LogP contribution in [-0.2, 0) is 6.42 Å². The van der Waals surface area contributed by atoms with Gasteiger partial charge in [-0.15, -0.1) is 13.2 Å². The minimum absolute atomic E-state index is 0.0422. The summed E-state index contributed by atoms with van der Waals surface area (Å²) in [7, 11) is 0. The molecule has 2 N–H and O–H groups in total. The molecule has 0 fully saturated rings. The summed E-state index contributed by atoms with van der Waals surface area (Å²) < 4.78 is 47.6. The number of nitrogens with two attached hydrogens (primary N) is 1. The molecular weight excluding hydrogens is 377 g/mol. The molecular formula is C17H13F3N6O2. The summed E-state index contributed by atoms with van der Waals surface area (Å²) in [4.78, 5) is 7.97. The van der Waals surface area contributed by atoms with Gasteiger partial charge in [0.15, 0.2) is 5.82 Å². The van der Waals surface area contributed by atoms with Crippen LogP contribution in [0.25, 0.3) is 5.82 Å². The largest absolute Gasteiger partial charge is 0.573 e. The number of benzene rings is 1. The van der Waals surface area contributed by atoms with Gasteiger partial charge in [0.1, 0.15) is 35.3 Å². The monoisotopic (exact) mass is 390 g/mol. The van der Waals surface area contributed by atoms with Crippen molar-refractivity contribution in [3.63, 3.8) is 0 Å². The zero-order valence-electron chi connectivity index (χ0n) is 14.4. The van der Waals surface area contributed by atoms with E-state index in [2.05, 4.69) is 19.8 Å². The topological polar surface area (TPSA) is 112 Å². The third-order valence-electron chi connectivity index (χ3n) is 3.55. The minimum atomic E-state index is -4.81. The third kappa shape index (κ3) is 4.12. The molecule has 1 aromatic carbocycles. The first-order valence-corrected chi connectivity index (χ1v) is 7.94. The summed E-state index contributed by atoms with van der Waals surface area (Å²) >= 11 is 0. The number of ether oxygens (including phenoxy) is 2. The van der Waals surface area contributed by atoms with E-state index >= 15 is 0 Å². The summed E-state index contributed by atoms with van der Waals surface area (Å²) in [6.07, 6.45) is -3.13. The molecule has 8 nitrogen and oxygen atoms in total. The fourth-order valence-corrected chi connectivity index (χ4v) is 2.38. The van der Waals surface area contributed by atoms with Gasteiger partial charge < -0.3 is 15.2 Å². The van der Waals surface area contributed by atoms with E-state index in [1.807, 2.05) is 13.0 Å². The van der Waals surface area contributed by atoms with Gasteiger partial charge in [0.25, 0.3) is 0 Å². The van der Waals surface area contributed by atoms with Gasteiger partial charge in [-0.2, -0.15) is 15.0 Å². The van der Waals surface area contributed by atoms with Gasteiger partial charge in [-0.25, -0.2) is 9.97 Å². The van der Waals surface area contributed by atoms with Crippen LogP contribution in [0.5, 0.6) is 17.4 Å². The van der Waals surface area contributed by atoms with Gasteiger partial charge >= 0.3 is 6.36 Å². The molecule has 2 aromatic heterocycles. The predicted molar refractivity (Wildman–Crippen MR) is 90.9 cm³/mol. The molecule has 0 unspecified atom stereocenters. The average Bonchev–Trinajstić information content (AvgIpc) is 2.96. The molecule has 0 aliphatic rings. The number of nitriles is 1. The first-order chi connectivity index (χ1) is 13.3. The van der Waals surface area contributed by atoms with E-state index in [-0.39, 0.29) is 28.8 Å². The van der Waals surface area contributed by atoms with Crippen LogP contribution in [0.15, 0.2) is 36.7 Å². The van der Waals surface area contributed by atoms with Gasteiger partial charge in [-0.1, -0.05) is 13.0 Å². The first-order valence-electron chi connectivity index (χ1n) is 7.94. The van der Waals surface area contributed by atoms with Crippen molar-refractivity contribution in [3.8, 4) is 29.3 Å². The van der Waals surface area contributed by atoms with Crippen molar-refractivity contribution in [1.29, 1.82) is 5.26 Å². The van der Waals surface area contributed by atoms with E-state index in [4.69, 9.17) is 10.5 Å². The van der Waals surface area contributed by atoms with E-state index < -0.39 is 12.1 Å². The lowest BCUT2D eigenvalue weighted by Gasteiger charge is -2.10. The highest BCUT2D eigenvalue weighted by molar-refractivity contribution is 5.55. The Bertz CT molecular complexity index is 1040. The van der Waals surface area contributed by atoms with Crippen LogP contribution < -0.4 is 15.2 Å². The molecule has 28 heavy (non-hydrogen) atoms. The van der Waals surface area contributed by atoms with E-state index in [9.17, 15) is 18.4 Å². The van der Waals surface area contributed by atoms with Crippen molar-refractivity contribution < 1.29 is 22.6 Å². The van der Waals surface area contributed by atoms with Crippen molar-refractivity contribution in [2.45, 2.75) is 19.7 Å². The van der Waals surface area contributed by atoms with Gasteiger partial charge in [-0.05, 0) is 18.6 Å². The second-order valence-electron chi connectivity index (χ2n) is 5.42. The highest BCUT2D eigenvalue weighted by atomic mass is 19.4. The molecule has 144 valence electrons. The number of nitrogens with zero attached hydrogens (tertiary/aromatic N) is 5. The molecule has 0 aliphatic heterocycles. The number of hydrogen-bond donors (Lipinski definition) is 1. The number of nitrogen functional groups attached to an aromatic ring is 1. The van der Waals surface area contributed by atoms with Crippen molar-refractivity contribution in [1.82, 2.24) is 19.7 Å². The van der Waals surface area contributed by atoms with Gasteiger partial charge in [0, 0.05) is 12.1 Å². The van der Waals surface area contributed by atoms with Crippen LogP contribution >= 0.6 is 0 Å². The number of halogens is 3. The van der Waals surface area contributed by atoms with Gasteiger partial charge in [-0.3, -0.25) is 0 Å². The molecule has 11 heteroatoms. The molecule has 0 atom stereocenters. The molecule has 0 saturated heterocycles. The Balaban J connectivity index is 1.88. The van der Waals surface area contributed by atoms with Crippen LogP contribution in [-0.4, -0.2) is 26.1 Å². The Morgan fingerprint density at radius 2 is 1.96 bits per heavy atom. The number of anilines is 1. The SMILES string of the molecule is CCc1nn(-c2cc(Oc3cccc(OC(F)(F)F)c3)ncn2)c(N)c1C#N. The molecule has 0 bridgehead atoms. The number of aryl methyl sites for hydroxylation is 1. The Morgan fingerprint density at radius 1 is 1.21 bits per heavy atom. The van der Waals surface area contributed by atoms with Crippen molar-refractivity contribution in [2.24, 2.45) is 0 Å². The maximum Gasteiger partial charge on any atom is 0.573 e. The fourth-order valence-electron chi connectivity index (χ4n) is 2.38. The van der Waals surface area contributed by atoms with E-state index in [0.29, 0.717) is 12.1 Å². The molecule has 0 aliphatic carbocycles. The first kappa shape index (κ1) is 19.0. The number of rotatable bonds is 5. The number of hydrogen-bond acceptors (Lipinski definition) is 7. The van der Waals surface area contributed by atoms with Crippen LogP contribution in [0.3, 0.4) is 0 Å². The fraction of sp³-hybridized carbons (Fsp3) is 0.176. The normalized spacial score (nSPS) is 11.1. The zero-order valence-corrected chi connectivity index (χ0v) is 14.4. The smallest absolute Gasteiger partial charge is 0.439 e. The number of alkyl halides is 3. The highest BCUT2D eigenvalue weighted by Crippen LogP contribution is 2.29. The zero-order chi connectivity index (χ0) is 20.3. The second-order valence-corrected chi connectivity index (χ2v) is 5.42. The van der Waals surface area contributed by atoms with Crippen molar-refractivity contribution in [3.05, 3.63) is 47.9 Å². The molecule has 0 amide bonds. The predicted octanol–water partition coefficient (Wildman–Crippen LogP) is 3.37. The lowest BCUT2D eigenvalue weighted by atomic mass is 10.2. The Hall–Kier alpha value is -3.81. The van der Waals surface area contributed by atoms with E-state index in [1.165, 1.54) is 29.2 Å². The number of aromatic nitrogens is 4.